The molecule has 0 spiro atoms. The van der Waals surface area contributed by atoms with Crippen molar-refractivity contribution >= 4 is 5.78 Å². The third kappa shape index (κ3) is 1.95. The molecule has 0 atom stereocenters. The minimum atomic E-state index is 0.0666. The van der Waals surface area contributed by atoms with E-state index in [0.717, 1.165) is 24.8 Å². The molecule has 1 aliphatic carbocycles. The Morgan fingerprint density at radius 2 is 2.21 bits per heavy atom. The number of carbonyl (C=O) groups excluding carboxylic acids is 1. The summed E-state index contributed by atoms with van der Waals surface area (Å²) in [5, 5.41) is 0. The van der Waals surface area contributed by atoms with Gasteiger partial charge in [0.15, 0.2) is 5.76 Å². The Hall–Kier alpha value is -1.31. The van der Waals surface area contributed by atoms with Crippen LogP contribution in [0.3, 0.4) is 0 Å². The molecule has 2 heteroatoms. The van der Waals surface area contributed by atoms with Crippen LogP contribution in [0.25, 0.3) is 0 Å². The molecule has 0 radical (unpaired) electrons. The van der Waals surface area contributed by atoms with Gasteiger partial charge in [-0.25, -0.2) is 0 Å². The van der Waals surface area contributed by atoms with E-state index in [-0.39, 0.29) is 5.78 Å². The Morgan fingerprint density at radius 1 is 1.29 bits per heavy atom. The molecule has 1 aromatic rings. The summed E-state index contributed by atoms with van der Waals surface area (Å²) in [5.41, 5.74) is 0.928. The predicted molar refractivity (Wildman–Crippen MR) is 54.2 cm³/mol. The average Bonchev–Trinajstić information content (AvgIpc) is 2.59. The molecule has 0 saturated carbocycles. The molecule has 1 aromatic heterocycles. The summed E-state index contributed by atoms with van der Waals surface area (Å²) < 4.78 is 5.10. The van der Waals surface area contributed by atoms with Gasteiger partial charge in [0.2, 0.25) is 5.78 Å². The second-order valence-electron chi connectivity index (χ2n) is 3.64. The summed E-state index contributed by atoms with van der Waals surface area (Å²) in [6, 6.07) is 3.48. The molecule has 0 fully saturated rings. The first-order valence-electron chi connectivity index (χ1n) is 5.15. The second-order valence-corrected chi connectivity index (χ2v) is 3.64. The number of rotatable bonds is 2. The van der Waals surface area contributed by atoms with Crippen molar-refractivity contribution in [1.29, 1.82) is 0 Å². The summed E-state index contributed by atoms with van der Waals surface area (Å²) in [6.07, 6.45) is 9.10. The molecule has 0 unspecified atom stereocenters. The van der Waals surface area contributed by atoms with Crippen molar-refractivity contribution in [2.24, 2.45) is 0 Å². The summed E-state index contributed by atoms with van der Waals surface area (Å²) in [7, 11) is 0. The molecule has 0 N–H and O–H groups in total. The molecule has 0 saturated heterocycles. The SMILES string of the molecule is O=C(C1=CCCCCC1)c1ccco1. The molecule has 1 aliphatic rings. The maximum absolute atomic E-state index is 11.9. The number of allylic oxidation sites excluding steroid dienone is 2. The van der Waals surface area contributed by atoms with Gasteiger partial charge in [-0.05, 0) is 43.4 Å². The van der Waals surface area contributed by atoms with Crippen LogP contribution in [0.1, 0.15) is 42.7 Å². The highest BCUT2D eigenvalue weighted by Gasteiger charge is 2.15. The lowest BCUT2D eigenvalue weighted by atomic mass is 10.0. The minimum absolute atomic E-state index is 0.0666. The third-order valence-corrected chi connectivity index (χ3v) is 2.58. The molecule has 2 rings (SSSR count). The lowest BCUT2D eigenvalue weighted by Crippen LogP contribution is -2.01. The van der Waals surface area contributed by atoms with E-state index in [0.29, 0.717) is 5.76 Å². The van der Waals surface area contributed by atoms with Gasteiger partial charge in [-0.2, -0.15) is 0 Å². The van der Waals surface area contributed by atoms with E-state index < -0.39 is 0 Å². The number of hydrogen-bond donors (Lipinski definition) is 0. The zero-order chi connectivity index (χ0) is 9.80. The van der Waals surface area contributed by atoms with Crippen LogP contribution in [0.2, 0.25) is 0 Å². The molecule has 0 amide bonds. The minimum Gasteiger partial charge on any atom is -0.461 e. The number of hydrogen-bond acceptors (Lipinski definition) is 2. The van der Waals surface area contributed by atoms with E-state index in [1.165, 1.54) is 12.8 Å². The summed E-state index contributed by atoms with van der Waals surface area (Å²) in [5.74, 6) is 0.537. The first-order chi connectivity index (χ1) is 6.88. The molecule has 0 bridgehead atoms. The van der Waals surface area contributed by atoms with Crippen LogP contribution < -0.4 is 0 Å². The number of furan rings is 1. The van der Waals surface area contributed by atoms with Crippen molar-refractivity contribution in [3.8, 4) is 0 Å². The highest BCUT2D eigenvalue weighted by atomic mass is 16.3. The van der Waals surface area contributed by atoms with E-state index in [9.17, 15) is 4.79 Å². The predicted octanol–water partition coefficient (Wildman–Crippen LogP) is 3.35. The standard InChI is InChI=1S/C12H14O2/c13-12(11-8-5-9-14-11)10-6-3-1-2-4-7-10/h5-6,8-9H,1-4,7H2. The topological polar surface area (TPSA) is 30.2 Å². The molecule has 0 aromatic carbocycles. The van der Waals surface area contributed by atoms with Crippen LogP contribution in [-0.2, 0) is 0 Å². The van der Waals surface area contributed by atoms with Gasteiger partial charge in [-0.3, -0.25) is 4.79 Å². The maximum Gasteiger partial charge on any atom is 0.223 e. The number of carbonyl (C=O) groups is 1. The highest BCUT2D eigenvalue weighted by Crippen LogP contribution is 2.20. The van der Waals surface area contributed by atoms with Crippen LogP contribution in [-0.4, -0.2) is 5.78 Å². The maximum atomic E-state index is 11.9. The van der Waals surface area contributed by atoms with Crippen molar-refractivity contribution < 1.29 is 9.21 Å². The fourth-order valence-electron chi connectivity index (χ4n) is 1.79. The lowest BCUT2D eigenvalue weighted by Gasteiger charge is -2.00. The van der Waals surface area contributed by atoms with Crippen LogP contribution in [0, 0.1) is 0 Å². The Morgan fingerprint density at radius 3 is 3.00 bits per heavy atom. The van der Waals surface area contributed by atoms with Gasteiger partial charge < -0.3 is 4.42 Å². The van der Waals surface area contributed by atoms with Crippen LogP contribution in [0.5, 0.6) is 0 Å². The van der Waals surface area contributed by atoms with E-state index in [1.54, 1.807) is 18.4 Å². The summed E-state index contributed by atoms with van der Waals surface area (Å²) in [4.78, 5) is 11.9. The Balaban J connectivity index is 2.14. The summed E-state index contributed by atoms with van der Waals surface area (Å²) >= 11 is 0. The molecule has 2 nitrogen and oxygen atoms in total. The number of ketones is 1. The van der Waals surface area contributed by atoms with Crippen molar-refractivity contribution in [1.82, 2.24) is 0 Å². The monoisotopic (exact) mass is 190 g/mol. The van der Waals surface area contributed by atoms with Gasteiger partial charge in [-0.1, -0.05) is 12.5 Å². The van der Waals surface area contributed by atoms with Gasteiger partial charge in [0.25, 0.3) is 0 Å². The fraction of sp³-hybridized carbons (Fsp3) is 0.417. The van der Waals surface area contributed by atoms with Gasteiger partial charge >= 0.3 is 0 Å². The van der Waals surface area contributed by atoms with Crippen LogP contribution in [0.15, 0.2) is 34.5 Å². The van der Waals surface area contributed by atoms with Gasteiger partial charge in [0.1, 0.15) is 0 Å². The highest BCUT2D eigenvalue weighted by molar-refractivity contribution is 6.06. The first kappa shape index (κ1) is 9.25. The van der Waals surface area contributed by atoms with Crippen molar-refractivity contribution in [2.75, 3.05) is 0 Å². The van der Waals surface area contributed by atoms with E-state index >= 15 is 0 Å². The van der Waals surface area contributed by atoms with Crippen LogP contribution >= 0.6 is 0 Å². The fourth-order valence-corrected chi connectivity index (χ4v) is 1.79. The van der Waals surface area contributed by atoms with Gasteiger partial charge in [0.05, 0.1) is 6.26 Å². The smallest absolute Gasteiger partial charge is 0.223 e. The molecular formula is C12H14O2. The van der Waals surface area contributed by atoms with Crippen molar-refractivity contribution in [3.63, 3.8) is 0 Å². The Labute approximate surface area is 83.6 Å². The zero-order valence-corrected chi connectivity index (χ0v) is 8.16. The van der Waals surface area contributed by atoms with E-state index in [1.807, 2.05) is 0 Å². The quantitative estimate of drug-likeness (QED) is 0.669. The van der Waals surface area contributed by atoms with Crippen molar-refractivity contribution in [3.05, 3.63) is 35.8 Å². The normalized spacial score (nSPS) is 17.3. The van der Waals surface area contributed by atoms with E-state index in [4.69, 9.17) is 4.42 Å². The van der Waals surface area contributed by atoms with Crippen molar-refractivity contribution in [2.45, 2.75) is 32.1 Å². The Kier molecular flexibility index (Phi) is 2.82. The third-order valence-electron chi connectivity index (χ3n) is 2.58. The summed E-state index contributed by atoms with van der Waals surface area (Å²) in [6.45, 7) is 0. The Bertz CT molecular complexity index is 333. The second kappa shape index (κ2) is 4.27. The average molecular weight is 190 g/mol. The first-order valence-corrected chi connectivity index (χ1v) is 5.15. The van der Waals surface area contributed by atoms with E-state index in [2.05, 4.69) is 6.08 Å². The van der Waals surface area contributed by atoms with Gasteiger partial charge in [0, 0.05) is 0 Å². The molecule has 14 heavy (non-hydrogen) atoms. The molecular weight excluding hydrogens is 176 g/mol. The lowest BCUT2D eigenvalue weighted by molar-refractivity contribution is 0.100. The zero-order valence-electron chi connectivity index (χ0n) is 8.16. The number of Topliss-reactive ketones (excluding diaryl/α,β-unsaturated/α-hetero) is 1. The molecule has 0 aliphatic heterocycles. The van der Waals surface area contributed by atoms with Gasteiger partial charge in [-0.15, -0.1) is 0 Å². The molecule has 74 valence electrons. The van der Waals surface area contributed by atoms with Crippen LogP contribution in [0.4, 0.5) is 0 Å². The largest absolute Gasteiger partial charge is 0.461 e. The molecule has 1 heterocycles.